The van der Waals surface area contributed by atoms with Gasteiger partial charge in [-0.25, -0.2) is 4.98 Å². The summed E-state index contributed by atoms with van der Waals surface area (Å²) in [6, 6.07) is 10.6. The molecule has 2 rings (SSSR count). The van der Waals surface area contributed by atoms with Crippen molar-refractivity contribution in [3.05, 3.63) is 60.2 Å². The lowest BCUT2D eigenvalue weighted by atomic mass is 10.2. The molecule has 0 saturated carbocycles. The van der Waals surface area contributed by atoms with Gasteiger partial charge in [0.05, 0.1) is 13.2 Å². The standard InChI is InChI=1S/C18H25N3O/c1-16(2)21-12-10-19-18(21)15-20(13-14-22)11-6-9-17-7-4-3-5-8-17/h3-10,12,16,22H,11,13-15H2,1-2H3/b9-6+. The zero-order chi connectivity index (χ0) is 15.8. The minimum Gasteiger partial charge on any atom is -0.395 e. The highest BCUT2D eigenvalue weighted by Gasteiger charge is 2.10. The zero-order valence-corrected chi connectivity index (χ0v) is 13.4. The highest BCUT2D eigenvalue weighted by atomic mass is 16.3. The van der Waals surface area contributed by atoms with Crippen LogP contribution < -0.4 is 0 Å². The molecule has 0 radical (unpaired) electrons. The summed E-state index contributed by atoms with van der Waals surface area (Å²) in [7, 11) is 0. The van der Waals surface area contributed by atoms with Gasteiger partial charge in [0.1, 0.15) is 5.82 Å². The Morgan fingerprint density at radius 2 is 2.05 bits per heavy atom. The van der Waals surface area contributed by atoms with Crippen molar-refractivity contribution in [3.8, 4) is 0 Å². The Hall–Kier alpha value is -1.91. The van der Waals surface area contributed by atoms with Crippen LogP contribution in [0.3, 0.4) is 0 Å². The molecule has 0 bridgehead atoms. The second-order valence-corrected chi connectivity index (χ2v) is 5.62. The first-order valence-corrected chi connectivity index (χ1v) is 7.77. The van der Waals surface area contributed by atoms with E-state index in [1.54, 1.807) is 0 Å². The SMILES string of the molecule is CC(C)n1ccnc1CN(C/C=C/c1ccccc1)CCO. The quantitative estimate of drug-likeness (QED) is 0.815. The Morgan fingerprint density at radius 3 is 2.73 bits per heavy atom. The zero-order valence-electron chi connectivity index (χ0n) is 13.4. The number of rotatable bonds is 8. The van der Waals surface area contributed by atoms with E-state index in [1.807, 2.05) is 30.6 Å². The molecule has 0 fully saturated rings. The summed E-state index contributed by atoms with van der Waals surface area (Å²) in [5, 5.41) is 9.27. The molecule has 4 heteroatoms. The molecule has 1 N–H and O–H groups in total. The van der Waals surface area contributed by atoms with Crippen LogP contribution in [0, 0.1) is 0 Å². The molecule has 1 aromatic carbocycles. The van der Waals surface area contributed by atoms with Gasteiger partial charge in [0.2, 0.25) is 0 Å². The third-order valence-electron chi connectivity index (χ3n) is 3.56. The topological polar surface area (TPSA) is 41.3 Å². The maximum atomic E-state index is 9.27. The minimum atomic E-state index is 0.154. The van der Waals surface area contributed by atoms with Gasteiger partial charge in [0.15, 0.2) is 0 Å². The van der Waals surface area contributed by atoms with Gasteiger partial charge in [-0.1, -0.05) is 42.5 Å². The molecular formula is C18H25N3O. The first kappa shape index (κ1) is 16.5. The third-order valence-corrected chi connectivity index (χ3v) is 3.56. The average Bonchev–Trinajstić information content (AvgIpc) is 2.97. The molecule has 1 aromatic heterocycles. The predicted octanol–water partition coefficient (Wildman–Crippen LogP) is 2.97. The predicted molar refractivity (Wildman–Crippen MR) is 90.5 cm³/mol. The number of aliphatic hydroxyl groups excluding tert-OH is 1. The van der Waals surface area contributed by atoms with Crippen molar-refractivity contribution in [3.63, 3.8) is 0 Å². The van der Waals surface area contributed by atoms with E-state index in [-0.39, 0.29) is 6.61 Å². The third kappa shape index (κ3) is 4.83. The van der Waals surface area contributed by atoms with Crippen LogP contribution in [0.5, 0.6) is 0 Å². The Kier molecular flexibility index (Phi) is 6.37. The molecule has 22 heavy (non-hydrogen) atoms. The van der Waals surface area contributed by atoms with E-state index in [0.717, 1.165) is 18.9 Å². The van der Waals surface area contributed by atoms with Crippen LogP contribution in [0.2, 0.25) is 0 Å². The molecule has 0 amide bonds. The number of benzene rings is 1. The van der Waals surface area contributed by atoms with Gasteiger partial charge < -0.3 is 9.67 Å². The number of hydrogen-bond acceptors (Lipinski definition) is 3. The monoisotopic (exact) mass is 299 g/mol. The maximum Gasteiger partial charge on any atom is 0.123 e. The molecule has 0 aliphatic rings. The van der Waals surface area contributed by atoms with Gasteiger partial charge in [0.25, 0.3) is 0 Å². The van der Waals surface area contributed by atoms with Gasteiger partial charge in [-0.3, -0.25) is 4.90 Å². The van der Waals surface area contributed by atoms with E-state index in [1.165, 1.54) is 5.56 Å². The van der Waals surface area contributed by atoms with Crippen molar-refractivity contribution >= 4 is 6.08 Å². The Balaban J connectivity index is 1.97. The van der Waals surface area contributed by atoms with Crippen molar-refractivity contribution in [1.82, 2.24) is 14.5 Å². The highest BCUT2D eigenvalue weighted by molar-refractivity contribution is 5.48. The van der Waals surface area contributed by atoms with Gasteiger partial charge in [0, 0.05) is 31.5 Å². The summed E-state index contributed by atoms with van der Waals surface area (Å²) in [6.45, 7) is 6.63. The van der Waals surface area contributed by atoms with Crippen molar-refractivity contribution in [1.29, 1.82) is 0 Å². The Labute approximate surface area is 132 Å². The first-order chi connectivity index (χ1) is 10.7. The number of imidazole rings is 1. The smallest absolute Gasteiger partial charge is 0.123 e. The van der Waals surface area contributed by atoms with Crippen LogP contribution in [0.1, 0.15) is 31.3 Å². The molecule has 0 aliphatic carbocycles. The van der Waals surface area contributed by atoms with Gasteiger partial charge in [-0.2, -0.15) is 0 Å². The molecule has 118 valence electrons. The number of aliphatic hydroxyl groups is 1. The van der Waals surface area contributed by atoms with E-state index in [4.69, 9.17) is 0 Å². The maximum absolute atomic E-state index is 9.27. The lowest BCUT2D eigenvalue weighted by Crippen LogP contribution is -2.28. The summed E-state index contributed by atoms with van der Waals surface area (Å²) in [5.74, 6) is 1.04. The summed E-state index contributed by atoms with van der Waals surface area (Å²) in [5.41, 5.74) is 1.19. The summed E-state index contributed by atoms with van der Waals surface area (Å²) in [4.78, 5) is 6.64. The molecule has 0 atom stereocenters. The number of nitrogens with zero attached hydrogens (tertiary/aromatic N) is 3. The van der Waals surface area contributed by atoms with Gasteiger partial charge >= 0.3 is 0 Å². The highest BCUT2D eigenvalue weighted by Crippen LogP contribution is 2.10. The number of hydrogen-bond donors (Lipinski definition) is 1. The van der Waals surface area contributed by atoms with Crippen molar-refractivity contribution < 1.29 is 5.11 Å². The van der Waals surface area contributed by atoms with Crippen molar-refractivity contribution in [2.45, 2.75) is 26.4 Å². The fourth-order valence-corrected chi connectivity index (χ4v) is 2.41. The second kappa shape index (κ2) is 8.51. The van der Waals surface area contributed by atoms with E-state index in [9.17, 15) is 5.11 Å². The molecule has 2 aromatic rings. The van der Waals surface area contributed by atoms with Crippen LogP contribution in [0.4, 0.5) is 0 Å². The van der Waals surface area contributed by atoms with Crippen LogP contribution >= 0.6 is 0 Å². The lowest BCUT2D eigenvalue weighted by molar-refractivity contribution is 0.198. The van der Waals surface area contributed by atoms with Gasteiger partial charge in [-0.15, -0.1) is 0 Å². The van der Waals surface area contributed by atoms with Gasteiger partial charge in [-0.05, 0) is 19.4 Å². The fourth-order valence-electron chi connectivity index (χ4n) is 2.41. The minimum absolute atomic E-state index is 0.154. The largest absolute Gasteiger partial charge is 0.395 e. The molecule has 0 aliphatic heterocycles. The fraction of sp³-hybridized carbons (Fsp3) is 0.389. The summed E-state index contributed by atoms with van der Waals surface area (Å²) in [6.07, 6.45) is 8.09. The summed E-state index contributed by atoms with van der Waals surface area (Å²) < 4.78 is 2.17. The molecular weight excluding hydrogens is 274 g/mol. The van der Waals surface area contributed by atoms with E-state index in [2.05, 4.69) is 52.6 Å². The van der Waals surface area contributed by atoms with E-state index < -0.39 is 0 Å². The Bertz CT molecular complexity index is 575. The number of aromatic nitrogens is 2. The molecule has 4 nitrogen and oxygen atoms in total. The molecule has 0 saturated heterocycles. The second-order valence-electron chi connectivity index (χ2n) is 5.62. The van der Waals surface area contributed by atoms with E-state index >= 15 is 0 Å². The molecule has 1 heterocycles. The van der Waals surface area contributed by atoms with Crippen molar-refractivity contribution in [2.24, 2.45) is 0 Å². The van der Waals surface area contributed by atoms with Crippen LogP contribution in [-0.2, 0) is 6.54 Å². The van der Waals surface area contributed by atoms with Crippen molar-refractivity contribution in [2.75, 3.05) is 19.7 Å². The van der Waals surface area contributed by atoms with E-state index in [0.29, 0.717) is 12.6 Å². The normalized spacial score (nSPS) is 11.9. The first-order valence-electron chi connectivity index (χ1n) is 7.77. The van der Waals surface area contributed by atoms with Crippen LogP contribution in [-0.4, -0.2) is 39.3 Å². The van der Waals surface area contributed by atoms with Crippen LogP contribution in [0.15, 0.2) is 48.8 Å². The Morgan fingerprint density at radius 1 is 1.27 bits per heavy atom. The molecule has 0 spiro atoms. The average molecular weight is 299 g/mol. The lowest BCUT2D eigenvalue weighted by Gasteiger charge is -2.21. The summed E-state index contributed by atoms with van der Waals surface area (Å²) >= 11 is 0. The van der Waals surface area contributed by atoms with Crippen LogP contribution in [0.25, 0.3) is 6.08 Å². The molecule has 0 unspecified atom stereocenters.